The minimum atomic E-state index is -3.83. The molecule has 0 bridgehead atoms. The number of nitrogens with zero attached hydrogens (tertiary/aromatic N) is 2. The quantitative estimate of drug-likeness (QED) is 0.775. The number of aliphatic carboxylic acids is 1. The van der Waals surface area contributed by atoms with E-state index in [9.17, 15) is 13.2 Å². The number of rotatable bonds is 7. The van der Waals surface area contributed by atoms with Crippen molar-refractivity contribution in [2.24, 2.45) is 0 Å². The van der Waals surface area contributed by atoms with Crippen molar-refractivity contribution >= 4 is 31.9 Å². The lowest BCUT2D eigenvalue weighted by atomic mass is 10.2. The third-order valence-corrected chi connectivity index (χ3v) is 5.61. The normalized spacial score (nSPS) is 12.1. The van der Waals surface area contributed by atoms with Crippen LogP contribution in [-0.2, 0) is 14.8 Å². The molecule has 1 aromatic rings. The van der Waals surface area contributed by atoms with Gasteiger partial charge in [0, 0.05) is 17.6 Å². The SMILES string of the molecule is Cc1cc(S(=O)(=O)N(CCN(C)C)CC(=O)O)ccc1Br. The Morgan fingerprint density at radius 2 is 1.90 bits per heavy atom. The molecule has 0 unspecified atom stereocenters. The number of likely N-dealkylation sites (N-methyl/N-ethyl adjacent to an activating group) is 1. The standard InChI is InChI=1S/C13H19BrN2O4S/c1-10-8-11(4-5-12(10)14)21(19,20)16(9-13(17)18)7-6-15(2)3/h4-5,8H,6-7,9H2,1-3H3,(H,17,18). The molecular formula is C13H19BrN2O4S. The van der Waals surface area contributed by atoms with Crippen molar-refractivity contribution < 1.29 is 18.3 Å². The van der Waals surface area contributed by atoms with Gasteiger partial charge in [0.05, 0.1) is 4.90 Å². The maximum Gasteiger partial charge on any atom is 0.318 e. The smallest absolute Gasteiger partial charge is 0.318 e. The van der Waals surface area contributed by atoms with Gasteiger partial charge in [-0.25, -0.2) is 8.42 Å². The van der Waals surface area contributed by atoms with Crippen molar-refractivity contribution in [3.05, 3.63) is 28.2 Å². The Morgan fingerprint density at radius 1 is 1.29 bits per heavy atom. The molecule has 1 N–H and O–H groups in total. The number of benzene rings is 1. The van der Waals surface area contributed by atoms with Crippen LogP contribution in [0.25, 0.3) is 0 Å². The van der Waals surface area contributed by atoms with Gasteiger partial charge in [-0.3, -0.25) is 4.79 Å². The molecule has 8 heteroatoms. The van der Waals surface area contributed by atoms with Gasteiger partial charge in [-0.1, -0.05) is 15.9 Å². The van der Waals surface area contributed by atoms with Crippen molar-refractivity contribution in [2.75, 3.05) is 33.7 Å². The molecule has 0 heterocycles. The fourth-order valence-electron chi connectivity index (χ4n) is 1.67. The zero-order chi connectivity index (χ0) is 16.2. The molecule has 0 saturated carbocycles. The minimum Gasteiger partial charge on any atom is -0.480 e. The first-order valence-corrected chi connectivity index (χ1v) is 8.50. The van der Waals surface area contributed by atoms with Gasteiger partial charge in [-0.15, -0.1) is 0 Å². The highest BCUT2D eigenvalue weighted by Gasteiger charge is 2.26. The first kappa shape index (κ1) is 18.1. The summed E-state index contributed by atoms with van der Waals surface area (Å²) in [6, 6.07) is 4.65. The van der Waals surface area contributed by atoms with E-state index >= 15 is 0 Å². The fraction of sp³-hybridized carbons (Fsp3) is 0.462. The molecule has 1 rings (SSSR count). The monoisotopic (exact) mass is 378 g/mol. The molecule has 0 radical (unpaired) electrons. The highest BCUT2D eigenvalue weighted by atomic mass is 79.9. The Kier molecular flexibility index (Phi) is 6.33. The van der Waals surface area contributed by atoms with E-state index in [0.29, 0.717) is 6.54 Å². The van der Waals surface area contributed by atoms with Crippen molar-refractivity contribution in [3.8, 4) is 0 Å². The van der Waals surface area contributed by atoms with Crippen LogP contribution in [-0.4, -0.2) is 62.4 Å². The maximum absolute atomic E-state index is 12.6. The second-order valence-electron chi connectivity index (χ2n) is 4.95. The van der Waals surface area contributed by atoms with Crippen LogP contribution in [0.2, 0.25) is 0 Å². The van der Waals surface area contributed by atoms with Gasteiger partial charge < -0.3 is 10.0 Å². The van der Waals surface area contributed by atoms with E-state index in [1.54, 1.807) is 32.0 Å². The van der Waals surface area contributed by atoms with Crippen LogP contribution in [0.5, 0.6) is 0 Å². The molecule has 118 valence electrons. The minimum absolute atomic E-state index is 0.100. The lowest BCUT2D eigenvalue weighted by Crippen LogP contribution is -2.40. The van der Waals surface area contributed by atoms with Crippen LogP contribution in [0.3, 0.4) is 0 Å². The lowest BCUT2D eigenvalue weighted by molar-refractivity contribution is -0.137. The highest BCUT2D eigenvalue weighted by molar-refractivity contribution is 9.10. The molecule has 0 atom stereocenters. The van der Waals surface area contributed by atoms with E-state index in [4.69, 9.17) is 5.11 Å². The molecule has 0 spiro atoms. The Hall–Kier alpha value is -0.960. The molecule has 6 nitrogen and oxygen atoms in total. The summed E-state index contributed by atoms with van der Waals surface area (Å²) in [5.74, 6) is -1.17. The number of hydrogen-bond donors (Lipinski definition) is 1. The van der Waals surface area contributed by atoms with Crippen LogP contribution in [0.4, 0.5) is 0 Å². The van der Waals surface area contributed by atoms with Crippen LogP contribution >= 0.6 is 15.9 Å². The summed E-state index contributed by atoms with van der Waals surface area (Å²) < 4.78 is 26.9. The Labute approximate surface area is 133 Å². The summed E-state index contributed by atoms with van der Waals surface area (Å²) >= 11 is 3.31. The predicted octanol–water partition coefficient (Wildman–Crippen LogP) is 1.39. The summed E-state index contributed by atoms with van der Waals surface area (Å²) in [5, 5.41) is 8.93. The van der Waals surface area contributed by atoms with Gasteiger partial charge >= 0.3 is 5.97 Å². The van der Waals surface area contributed by atoms with E-state index < -0.39 is 22.5 Å². The summed E-state index contributed by atoms with van der Waals surface area (Å²) in [4.78, 5) is 12.8. The maximum atomic E-state index is 12.6. The van der Waals surface area contributed by atoms with E-state index in [1.165, 1.54) is 12.1 Å². The van der Waals surface area contributed by atoms with Gasteiger partial charge in [0.2, 0.25) is 10.0 Å². The van der Waals surface area contributed by atoms with Gasteiger partial charge in [0.1, 0.15) is 6.54 Å². The zero-order valence-electron chi connectivity index (χ0n) is 12.2. The first-order chi connectivity index (χ1) is 9.64. The number of carbonyl (C=O) groups is 1. The van der Waals surface area contributed by atoms with Crippen molar-refractivity contribution in [3.63, 3.8) is 0 Å². The number of sulfonamides is 1. The van der Waals surface area contributed by atoms with Gasteiger partial charge in [0.25, 0.3) is 0 Å². The molecule has 0 aliphatic carbocycles. The van der Waals surface area contributed by atoms with Crippen molar-refractivity contribution in [1.29, 1.82) is 0 Å². The van der Waals surface area contributed by atoms with Crippen molar-refractivity contribution in [1.82, 2.24) is 9.21 Å². The molecule has 0 aliphatic heterocycles. The van der Waals surface area contributed by atoms with Crippen LogP contribution in [0.1, 0.15) is 5.56 Å². The van der Waals surface area contributed by atoms with Crippen LogP contribution in [0, 0.1) is 6.92 Å². The first-order valence-electron chi connectivity index (χ1n) is 6.27. The van der Waals surface area contributed by atoms with Crippen LogP contribution < -0.4 is 0 Å². The van der Waals surface area contributed by atoms with E-state index in [-0.39, 0.29) is 11.4 Å². The summed E-state index contributed by atoms with van der Waals surface area (Å²) in [6.07, 6.45) is 0. The van der Waals surface area contributed by atoms with Gasteiger partial charge in [-0.05, 0) is 44.8 Å². The van der Waals surface area contributed by atoms with Gasteiger partial charge in [0.15, 0.2) is 0 Å². The Bertz CT molecular complexity index is 617. The second-order valence-corrected chi connectivity index (χ2v) is 7.74. The van der Waals surface area contributed by atoms with E-state index in [0.717, 1.165) is 14.3 Å². The third kappa shape index (κ3) is 5.06. The summed E-state index contributed by atoms with van der Waals surface area (Å²) in [5.41, 5.74) is 0.777. The highest BCUT2D eigenvalue weighted by Crippen LogP contribution is 2.22. The second kappa shape index (κ2) is 7.35. The average Bonchev–Trinajstić information content (AvgIpc) is 2.36. The Balaban J connectivity index is 3.12. The number of carboxylic acid groups (broad SMARTS) is 1. The number of carboxylic acids is 1. The molecule has 0 fully saturated rings. The Morgan fingerprint density at radius 3 is 2.38 bits per heavy atom. The number of halogens is 1. The molecule has 0 aromatic heterocycles. The predicted molar refractivity (Wildman–Crippen MR) is 83.8 cm³/mol. The zero-order valence-corrected chi connectivity index (χ0v) is 14.6. The number of hydrogen-bond acceptors (Lipinski definition) is 4. The lowest BCUT2D eigenvalue weighted by Gasteiger charge is -2.22. The summed E-state index contributed by atoms with van der Waals surface area (Å²) in [7, 11) is -0.224. The van der Waals surface area contributed by atoms with Gasteiger partial charge in [-0.2, -0.15) is 4.31 Å². The molecule has 21 heavy (non-hydrogen) atoms. The largest absolute Gasteiger partial charge is 0.480 e. The molecule has 0 saturated heterocycles. The molecule has 0 aliphatic rings. The fourth-order valence-corrected chi connectivity index (χ4v) is 3.39. The number of aryl methyl sites for hydroxylation is 1. The van der Waals surface area contributed by atoms with Crippen LogP contribution in [0.15, 0.2) is 27.6 Å². The van der Waals surface area contributed by atoms with E-state index in [1.807, 2.05) is 0 Å². The molecule has 1 aromatic carbocycles. The summed E-state index contributed by atoms with van der Waals surface area (Å²) in [6.45, 7) is 1.80. The molecular weight excluding hydrogens is 360 g/mol. The average molecular weight is 379 g/mol. The third-order valence-electron chi connectivity index (χ3n) is 2.88. The molecule has 0 amide bonds. The van der Waals surface area contributed by atoms with Crippen molar-refractivity contribution in [2.45, 2.75) is 11.8 Å². The topological polar surface area (TPSA) is 77.9 Å². The van der Waals surface area contributed by atoms with E-state index in [2.05, 4.69) is 15.9 Å².